The van der Waals surface area contributed by atoms with Gasteiger partial charge in [0.05, 0.1) is 16.2 Å². The largest absolute Gasteiger partial charge is 0.365 e. The Hall–Kier alpha value is -3.61. The Morgan fingerprint density at radius 3 is 2.21 bits per heavy atom. The molecule has 0 saturated carbocycles. The first-order chi connectivity index (χ1) is 13.7. The fourth-order valence-corrected chi connectivity index (χ4v) is 3.70. The van der Waals surface area contributed by atoms with E-state index in [9.17, 15) is 10.5 Å². The second kappa shape index (κ2) is 7.56. The van der Waals surface area contributed by atoms with Crippen molar-refractivity contribution in [1.29, 1.82) is 10.5 Å². The van der Waals surface area contributed by atoms with E-state index in [0.29, 0.717) is 39.0 Å². The molecule has 0 radical (unpaired) electrons. The van der Waals surface area contributed by atoms with Crippen LogP contribution in [0.3, 0.4) is 0 Å². The van der Waals surface area contributed by atoms with Crippen LogP contribution in [0.25, 0.3) is 16.6 Å². The van der Waals surface area contributed by atoms with E-state index in [4.69, 9.17) is 0 Å². The standard InChI is InChI=1S/C22H14BrN5/c23-19-14-27-28-21(19)17(11-24)20(16-9-5-2-6-10-16)18(12-25)22(28)26-13-15-7-3-1-4-8-15/h1-10,14,26H,13H2. The number of benzene rings is 2. The minimum atomic E-state index is 0.391. The van der Waals surface area contributed by atoms with Crippen molar-refractivity contribution in [3.05, 3.63) is 88.0 Å². The third-order valence-electron chi connectivity index (χ3n) is 4.50. The number of nitrogens with zero attached hydrogens (tertiary/aromatic N) is 4. The van der Waals surface area contributed by atoms with Gasteiger partial charge >= 0.3 is 0 Å². The van der Waals surface area contributed by atoms with Gasteiger partial charge in [-0.05, 0) is 27.1 Å². The van der Waals surface area contributed by atoms with Gasteiger partial charge in [-0.25, -0.2) is 4.52 Å². The summed E-state index contributed by atoms with van der Waals surface area (Å²) in [6.07, 6.45) is 1.64. The van der Waals surface area contributed by atoms with Crippen molar-refractivity contribution in [1.82, 2.24) is 9.61 Å². The number of nitriles is 2. The number of halogens is 1. The van der Waals surface area contributed by atoms with Crippen molar-refractivity contribution in [3.8, 4) is 23.3 Å². The molecule has 4 aromatic rings. The van der Waals surface area contributed by atoms with Gasteiger partial charge in [-0.3, -0.25) is 0 Å². The molecule has 134 valence electrons. The van der Waals surface area contributed by atoms with Gasteiger partial charge in [0.2, 0.25) is 0 Å². The van der Waals surface area contributed by atoms with E-state index >= 15 is 0 Å². The van der Waals surface area contributed by atoms with E-state index in [2.05, 4.69) is 38.5 Å². The van der Waals surface area contributed by atoms with Crippen LogP contribution < -0.4 is 5.32 Å². The molecule has 4 rings (SSSR count). The molecule has 6 heteroatoms. The predicted molar refractivity (Wildman–Crippen MR) is 112 cm³/mol. The molecule has 0 amide bonds. The van der Waals surface area contributed by atoms with Gasteiger partial charge < -0.3 is 5.32 Å². The Labute approximate surface area is 170 Å². The van der Waals surface area contributed by atoms with Crippen molar-refractivity contribution >= 4 is 27.3 Å². The summed E-state index contributed by atoms with van der Waals surface area (Å²) in [7, 11) is 0. The van der Waals surface area contributed by atoms with Gasteiger partial charge in [0.25, 0.3) is 0 Å². The lowest BCUT2D eigenvalue weighted by molar-refractivity contribution is 0.939. The van der Waals surface area contributed by atoms with Crippen molar-refractivity contribution in [2.24, 2.45) is 0 Å². The monoisotopic (exact) mass is 427 g/mol. The van der Waals surface area contributed by atoms with Gasteiger partial charge in [0.1, 0.15) is 29.0 Å². The van der Waals surface area contributed by atoms with Crippen molar-refractivity contribution in [2.45, 2.75) is 6.54 Å². The number of aromatic nitrogens is 2. The van der Waals surface area contributed by atoms with Gasteiger partial charge in [-0.2, -0.15) is 15.6 Å². The Bertz CT molecular complexity index is 1230. The van der Waals surface area contributed by atoms with Crippen molar-refractivity contribution in [2.75, 3.05) is 5.32 Å². The second-order valence-corrected chi connectivity index (χ2v) is 7.01. The highest BCUT2D eigenvalue weighted by atomic mass is 79.9. The molecule has 2 aromatic heterocycles. The highest BCUT2D eigenvalue weighted by Gasteiger charge is 2.23. The van der Waals surface area contributed by atoms with Crippen LogP contribution in [0.2, 0.25) is 0 Å². The molecule has 2 heterocycles. The first-order valence-electron chi connectivity index (χ1n) is 8.61. The maximum atomic E-state index is 9.99. The molecule has 0 spiro atoms. The highest BCUT2D eigenvalue weighted by molar-refractivity contribution is 9.10. The van der Waals surface area contributed by atoms with Gasteiger partial charge in [0, 0.05) is 12.1 Å². The smallest absolute Gasteiger partial charge is 0.147 e. The third-order valence-corrected chi connectivity index (χ3v) is 5.08. The van der Waals surface area contributed by atoms with Crippen molar-refractivity contribution in [3.63, 3.8) is 0 Å². The summed E-state index contributed by atoms with van der Waals surface area (Å²) in [5.74, 6) is 0.560. The molecule has 5 nitrogen and oxygen atoms in total. The van der Waals surface area contributed by atoms with Crippen LogP contribution in [-0.4, -0.2) is 9.61 Å². The quantitative estimate of drug-likeness (QED) is 0.490. The number of hydrogen-bond acceptors (Lipinski definition) is 4. The lowest BCUT2D eigenvalue weighted by Crippen LogP contribution is -2.10. The molecule has 0 atom stereocenters. The summed E-state index contributed by atoms with van der Waals surface area (Å²) < 4.78 is 2.32. The highest BCUT2D eigenvalue weighted by Crippen LogP contribution is 2.37. The zero-order valence-corrected chi connectivity index (χ0v) is 16.3. The van der Waals surface area contributed by atoms with Crippen LogP contribution in [0.1, 0.15) is 16.7 Å². The Balaban J connectivity index is 1.99. The molecule has 1 N–H and O–H groups in total. The maximum Gasteiger partial charge on any atom is 0.147 e. The Morgan fingerprint density at radius 2 is 1.57 bits per heavy atom. The van der Waals surface area contributed by atoms with Crippen LogP contribution >= 0.6 is 15.9 Å². The van der Waals surface area contributed by atoms with Crippen LogP contribution in [0, 0.1) is 22.7 Å². The number of pyridine rings is 1. The van der Waals surface area contributed by atoms with E-state index in [1.54, 1.807) is 10.7 Å². The Kier molecular flexibility index (Phi) is 4.80. The van der Waals surface area contributed by atoms with E-state index in [0.717, 1.165) is 11.1 Å². The molecule has 0 saturated heterocycles. The van der Waals surface area contributed by atoms with Crippen LogP contribution in [0.4, 0.5) is 5.82 Å². The normalized spacial score (nSPS) is 10.4. The maximum absolute atomic E-state index is 9.99. The lowest BCUT2D eigenvalue weighted by atomic mass is 9.95. The summed E-state index contributed by atoms with van der Waals surface area (Å²) in [4.78, 5) is 0. The van der Waals surface area contributed by atoms with E-state index in [1.165, 1.54) is 0 Å². The van der Waals surface area contributed by atoms with Crippen LogP contribution in [-0.2, 0) is 6.54 Å². The number of rotatable bonds is 4. The number of anilines is 1. The SMILES string of the molecule is N#Cc1c(-c2ccccc2)c(C#N)c2c(Br)cnn2c1NCc1ccccc1. The van der Waals surface area contributed by atoms with Gasteiger partial charge in [-0.1, -0.05) is 60.7 Å². The van der Waals surface area contributed by atoms with Crippen LogP contribution in [0.15, 0.2) is 71.3 Å². The number of hydrogen-bond donors (Lipinski definition) is 1. The molecule has 28 heavy (non-hydrogen) atoms. The molecule has 0 bridgehead atoms. The van der Waals surface area contributed by atoms with E-state index in [-0.39, 0.29) is 0 Å². The summed E-state index contributed by atoms with van der Waals surface area (Å²) >= 11 is 3.50. The first-order valence-corrected chi connectivity index (χ1v) is 9.40. The van der Waals surface area contributed by atoms with Crippen LogP contribution in [0.5, 0.6) is 0 Å². The summed E-state index contributed by atoms with van der Waals surface area (Å²) in [5, 5.41) is 27.6. The Morgan fingerprint density at radius 1 is 0.929 bits per heavy atom. The molecule has 0 fully saturated rings. The summed E-state index contributed by atoms with van der Waals surface area (Å²) in [6, 6.07) is 24.0. The first kappa shape index (κ1) is 17.8. The average molecular weight is 428 g/mol. The molecular formula is C22H14BrN5. The fourth-order valence-electron chi connectivity index (χ4n) is 3.25. The second-order valence-electron chi connectivity index (χ2n) is 6.16. The van der Waals surface area contributed by atoms with E-state index < -0.39 is 0 Å². The van der Waals surface area contributed by atoms with E-state index in [1.807, 2.05) is 60.7 Å². The molecule has 0 aliphatic rings. The average Bonchev–Trinajstić information content (AvgIpc) is 3.14. The summed E-state index contributed by atoms with van der Waals surface area (Å²) in [5.41, 5.74) is 3.94. The van der Waals surface area contributed by atoms with Gasteiger partial charge in [0.15, 0.2) is 0 Å². The number of nitrogens with one attached hydrogen (secondary N) is 1. The molecule has 0 aliphatic heterocycles. The zero-order chi connectivity index (χ0) is 19.5. The minimum absolute atomic E-state index is 0.391. The van der Waals surface area contributed by atoms with Gasteiger partial charge in [-0.15, -0.1) is 0 Å². The van der Waals surface area contributed by atoms with Crippen molar-refractivity contribution < 1.29 is 0 Å². The minimum Gasteiger partial charge on any atom is -0.365 e. The fraction of sp³-hybridized carbons (Fsp3) is 0.0455. The lowest BCUT2D eigenvalue weighted by Gasteiger charge is -2.16. The zero-order valence-electron chi connectivity index (χ0n) is 14.7. The topological polar surface area (TPSA) is 76.9 Å². The molecule has 0 unspecified atom stereocenters. The third kappa shape index (κ3) is 3.00. The summed E-state index contributed by atoms with van der Waals surface area (Å²) in [6.45, 7) is 0.530. The molecule has 0 aliphatic carbocycles. The molecular weight excluding hydrogens is 414 g/mol. The predicted octanol–water partition coefficient (Wildman–Crippen LogP) is 5.12. The molecule has 2 aromatic carbocycles. The number of fused-ring (bicyclic) bond motifs is 1.